The first-order valence-electron chi connectivity index (χ1n) is 2.96. The van der Waals surface area contributed by atoms with Crippen LogP contribution in [0, 0.1) is 6.92 Å². The minimum atomic E-state index is 0.565. The van der Waals surface area contributed by atoms with Crippen molar-refractivity contribution in [2.75, 3.05) is 0 Å². The molecule has 0 N–H and O–H groups in total. The van der Waals surface area contributed by atoms with Crippen LogP contribution >= 0.6 is 24.2 Å². The van der Waals surface area contributed by atoms with E-state index in [0.717, 1.165) is 11.1 Å². The van der Waals surface area contributed by atoms with Crippen molar-refractivity contribution in [3.63, 3.8) is 0 Å². The topological polar surface area (TPSA) is 12.9 Å². The number of hydrogen-bond acceptors (Lipinski definition) is 2. The molecule has 0 saturated carbocycles. The van der Waals surface area contributed by atoms with Crippen molar-refractivity contribution in [1.29, 1.82) is 0 Å². The third-order valence-corrected chi connectivity index (χ3v) is 2.04. The van der Waals surface area contributed by atoms with E-state index in [1.165, 1.54) is 0 Å². The largest absolute Gasteiger partial charge is 0.244 e. The van der Waals surface area contributed by atoms with Gasteiger partial charge in [0.1, 0.15) is 5.15 Å². The van der Waals surface area contributed by atoms with Crippen LogP contribution < -0.4 is 0 Å². The predicted molar refractivity (Wildman–Crippen MR) is 46.7 cm³/mol. The highest BCUT2D eigenvalue weighted by Crippen LogP contribution is 2.17. The first-order valence-corrected chi connectivity index (χ1v) is 3.97. The number of aryl methyl sites for hydroxylation is 1. The van der Waals surface area contributed by atoms with Crippen molar-refractivity contribution in [1.82, 2.24) is 4.98 Å². The zero-order valence-corrected chi connectivity index (χ0v) is 7.28. The number of aromatic nitrogens is 1. The molecule has 0 aliphatic heterocycles. The lowest BCUT2D eigenvalue weighted by Gasteiger charge is -2.01. The van der Waals surface area contributed by atoms with Gasteiger partial charge < -0.3 is 0 Å². The number of halogens is 1. The molecule has 1 rings (SSSR count). The van der Waals surface area contributed by atoms with Crippen molar-refractivity contribution in [2.24, 2.45) is 0 Å². The van der Waals surface area contributed by atoms with Gasteiger partial charge in [0.05, 0.1) is 0 Å². The molecule has 0 saturated heterocycles. The number of rotatable bonds is 1. The third-order valence-electron chi connectivity index (χ3n) is 1.40. The Kier molecular flexibility index (Phi) is 2.57. The standard InChI is InChI=1S/C7H8ClNS/c1-5-2-3-9-7(8)6(5)4-10/h2-3,10H,4H2,1H3. The molecule has 1 heterocycles. The highest BCUT2D eigenvalue weighted by molar-refractivity contribution is 7.79. The van der Waals surface area contributed by atoms with Gasteiger partial charge in [0, 0.05) is 17.5 Å². The summed E-state index contributed by atoms with van der Waals surface area (Å²) in [6, 6.07) is 1.93. The van der Waals surface area contributed by atoms with E-state index >= 15 is 0 Å². The van der Waals surface area contributed by atoms with Gasteiger partial charge in [-0.2, -0.15) is 12.6 Å². The van der Waals surface area contributed by atoms with E-state index in [2.05, 4.69) is 17.6 Å². The fourth-order valence-corrected chi connectivity index (χ4v) is 1.51. The summed E-state index contributed by atoms with van der Waals surface area (Å²) in [5, 5.41) is 0.565. The summed E-state index contributed by atoms with van der Waals surface area (Å²) in [5.41, 5.74) is 2.17. The molecular weight excluding hydrogens is 166 g/mol. The van der Waals surface area contributed by atoms with E-state index < -0.39 is 0 Å². The zero-order valence-electron chi connectivity index (χ0n) is 5.63. The number of nitrogens with zero attached hydrogens (tertiary/aromatic N) is 1. The van der Waals surface area contributed by atoms with Gasteiger partial charge in [0.25, 0.3) is 0 Å². The van der Waals surface area contributed by atoms with Crippen LogP contribution in [0.2, 0.25) is 5.15 Å². The summed E-state index contributed by atoms with van der Waals surface area (Å²) in [7, 11) is 0. The van der Waals surface area contributed by atoms with Crippen molar-refractivity contribution in [3.05, 3.63) is 28.5 Å². The molecular formula is C7H8ClNS. The van der Waals surface area contributed by atoms with Crippen LogP contribution in [-0.2, 0) is 5.75 Å². The van der Waals surface area contributed by atoms with E-state index in [0.29, 0.717) is 10.9 Å². The Morgan fingerprint density at radius 3 is 2.80 bits per heavy atom. The molecule has 0 atom stereocenters. The van der Waals surface area contributed by atoms with Gasteiger partial charge in [-0.15, -0.1) is 0 Å². The Bertz CT molecular complexity index is 217. The van der Waals surface area contributed by atoms with Crippen LogP contribution in [0.25, 0.3) is 0 Å². The molecule has 1 nitrogen and oxygen atoms in total. The van der Waals surface area contributed by atoms with E-state index in [-0.39, 0.29) is 0 Å². The molecule has 54 valence electrons. The average Bonchev–Trinajstić information content (AvgIpc) is 1.88. The molecule has 0 unspecified atom stereocenters. The Morgan fingerprint density at radius 2 is 2.40 bits per heavy atom. The zero-order chi connectivity index (χ0) is 7.56. The molecule has 0 amide bonds. The Balaban J connectivity index is 3.17. The second kappa shape index (κ2) is 3.26. The number of hydrogen-bond donors (Lipinski definition) is 1. The molecule has 3 heteroatoms. The first kappa shape index (κ1) is 7.89. The lowest BCUT2D eigenvalue weighted by molar-refractivity contribution is 1.20. The Morgan fingerprint density at radius 1 is 1.70 bits per heavy atom. The van der Waals surface area contributed by atoms with Gasteiger partial charge in [-0.3, -0.25) is 0 Å². The van der Waals surface area contributed by atoms with E-state index in [1.54, 1.807) is 6.20 Å². The normalized spacial score (nSPS) is 9.90. The SMILES string of the molecule is Cc1ccnc(Cl)c1CS. The monoisotopic (exact) mass is 173 g/mol. The molecule has 0 aromatic carbocycles. The summed E-state index contributed by atoms with van der Waals surface area (Å²) in [5.74, 6) is 0.651. The second-order valence-electron chi connectivity index (χ2n) is 2.06. The molecule has 0 radical (unpaired) electrons. The van der Waals surface area contributed by atoms with Crippen molar-refractivity contribution in [2.45, 2.75) is 12.7 Å². The minimum Gasteiger partial charge on any atom is -0.244 e. The van der Waals surface area contributed by atoms with Crippen molar-refractivity contribution < 1.29 is 0 Å². The summed E-state index contributed by atoms with van der Waals surface area (Å²) >= 11 is 9.89. The van der Waals surface area contributed by atoms with E-state index in [4.69, 9.17) is 11.6 Å². The third kappa shape index (κ3) is 1.44. The quantitative estimate of drug-likeness (QED) is 0.509. The van der Waals surface area contributed by atoms with Crippen LogP contribution in [0.15, 0.2) is 12.3 Å². The molecule has 0 fully saturated rings. The maximum absolute atomic E-state index is 5.77. The van der Waals surface area contributed by atoms with E-state index in [1.807, 2.05) is 13.0 Å². The summed E-state index contributed by atoms with van der Waals surface area (Å²) in [6.45, 7) is 2.00. The maximum Gasteiger partial charge on any atom is 0.133 e. The van der Waals surface area contributed by atoms with Gasteiger partial charge in [0.2, 0.25) is 0 Å². The van der Waals surface area contributed by atoms with Crippen molar-refractivity contribution in [3.8, 4) is 0 Å². The molecule has 0 aliphatic rings. The summed E-state index contributed by atoms with van der Waals surface area (Å²) < 4.78 is 0. The van der Waals surface area contributed by atoms with Gasteiger partial charge in [0.15, 0.2) is 0 Å². The Hall–Kier alpha value is -0.210. The lowest BCUT2D eigenvalue weighted by atomic mass is 10.2. The maximum atomic E-state index is 5.77. The van der Waals surface area contributed by atoms with Gasteiger partial charge >= 0.3 is 0 Å². The predicted octanol–water partition coefficient (Wildman–Crippen LogP) is 2.47. The highest BCUT2D eigenvalue weighted by atomic mass is 35.5. The Labute approximate surface area is 70.8 Å². The van der Waals surface area contributed by atoms with Crippen molar-refractivity contribution >= 4 is 24.2 Å². The minimum absolute atomic E-state index is 0.565. The van der Waals surface area contributed by atoms with Gasteiger partial charge in [-0.1, -0.05) is 11.6 Å². The fraction of sp³-hybridized carbons (Fsp3) is 0.286. The molecule has 0 spiro atoms. The lowest BCUT2D eigenvalue weighted by Crippen LogP contribution is -1.88. The van der Waals surface area contributed by atoms with E-state index in [9.17, 15) is 0 Å². The molecule has 1 aromatic heterocycles. The second-order valence-corrected chi connectivity index (χ2v) is 2.73. The van der Waals surface area contributed by atoms with Crippen LogP contribution in [0.1, 0.15) is 11.1 Å². The first-order chi connectivity index (χ1) is 4.75. The molecule has 10 heavy (non-hydrogen) atoms. The smallest absolute Gasteiger partial charge is 0.133 e. The van der Waals surface area contributed by atoms with Crippen LogP contribution in [0.3, 0.4) is 0 Å². The molecule has 0 bridgehead atoms. The summed E-state index contributed by atoms with van der Waals surface area (Å²) in [6.07, 6.45) is 1.70. The van der Waals surface area contributed by atoms with Gasteiger partial charge in [-0.25, -0.2) is 4.98 Å². The number of pyridine rings is 1. The molecule has 0 aliphatic carbocycles. The van der Waals surface area contributed by atoms with Crippen LogP contribution in [0.4, 0.5) is 0 Å². The average molecular weight is 174 g/mol. The number of thiol groups is 1. The highest BCUT2D eigenvalue weighted by Gasteiger charge is 2.00. The fourth-order valence-electron chi connectivity index (χ4n) is 0.746. The molecule has 1 aromatic rings. The summed E-state index contributed by atoms with van der Waals surface area (Å²) in [4.78, 5) is 3.93. The van der Waals surface area contributed by atoms with Crippen LogP contribution in [0.5, 0.6) is 0 Å². The van der Waals surface area contributed by atoms with Gasteiger partial charge in [-0.05, 0) is 18.6 Å². The van der Waals surface area contributed by atoms with Crippen LogP contribution in [-0.4, -0.2) is 4.98 Å².